The normalized spacial score (nSPS) is 11.8. The highest BCUT2D eigenvalue weighted by Gasteiger charge is 2.18. The van der Waals surface area contributed by atoms with Crippen molar-refractivity contribution < 1.29 is 0 Å². The van der Waals surface area contributed by atoms with Crippen molar-refractivity contribution >= 4 is 21.8 Å². The number of hydrogen-bond acceptors (Lipinski definition) is 2. The maximum Gasteiger partial charge on any atom is 0.121 e. The molecule has 0 radical (unpaired) electrons. The van der Waals surface area contributed by atoms with Gasteiger partial charge >= 0.3 is 0 Å². The van der Waals surface area contributed by atoms with E-state index in [1.165, 1.54) is 44.2 Å². The highest BCUT2D eigenvalue weighted by atomic mass is 15.4. The lowest BCUT2D eigenvalue weighted by Crippen LogP contribution is -1.98. The second kappa shape index (κ2) is 4.05. The fourth-order valence-corrected chi connectivity index (χ4v) is 3.27. The van der Waals surface area contributed by atoms with Gasteiger partial charge in [0.2, 0.25) is 0 Å². The van der Waals surface area contributed by atoms with E-state index in [4.69, 9.17) is 0 Å². The summed E-state index contributed by atoms with van der Waals surface area (Å²) in [5.41, 5.74) is 10.1. The molecule has 0 bridgehead atoms. The van der Waals surface area contributed by atoms with Crippen LogP contribution < -0.4 is 0 Å². The molecule has 0 fully saturated rings. The van der Waals surface area contributed by atoms with E-state index in [-0.39, 0.29) is 0 Å². The van der Waals surface area contributed by atoms with Crippen LogP contribution in [0, 0.1) is 41.5 Å². The van der Waals surface area contributed by atoms with E-state index in [1.807, 2.05) is 7.05 Å². The van der Waals surface area contributed by atoms with Crippen LogP contribution in [0.1, 0.15) is 33.4 Å². The van der Waals surface area contributed by atoms with Gasteiger partial charge in [-0.05, 0) is 80.3 Å². The third-order valence-electron chi connectivity index (χ3n) is 4.93. The predicted molar refractivity (Wildman–Crippen MR) is 84.4 cm³/mol. The summed E-state index contributed by atoms with van der Waals surface area (Å²) in [5.74, 6) is 0. The van der Waals surface area contributed by atoms with Crippen LogP contribution in [0.4, 0.5) is 0 Å². The quantitative estimate of drug-likeness (QED) is 0.617. The molecule has 0 aliphatic heterocycles. The molecule has 3 aromatic rings. The zero-order chi connectivity index (χ0) is 14.8. The highest BCUT2D eigenvalue weighted by molar-refractivity contribution is 6.10. The average molecular weight is 267 g/mol. The molecule has 20 heavy (non-hydrogen) atoms. The average Bonchev–Trinajstić information content (AvgIpc) is 2.79. The fourth-order valence-electron chi connectivity index (χ4n) is 3.27. The SMILES string of the molecule is Cc1c(C)c(C)c2c(c1C)c(C)c(C)c1nn(C)nc12. The summed E-state index contributed by atoms with van der Waals surface area (Å²) in [6.07, 6.45) is 0. The third kappa shape index (κ3) is 1.46. The standard InChI is InChI=1S/C17H21N3/c1-8-9(2)11(4)15-14(10(8)3)12(5)13(6)16-17(15)19-20(7)18-16/h1-7H3. The molecule has 0 saturated heterocycles. The first-order chi connectivity index (χ1) is 9.34. The van der Waals surface area contributed by atoms with Crippen LogP contribution in [-0.4, -0.2) is 15.0 Å². The van der Waals surface area contributed by atoms with Crippen molar-refractivity contribution in [3.63, 3.8) is 0 Å². The molecule has 0 unspecified atom stereocenters. The van der Waals surface area contributed by atoms with Gasteiger partial charge in [-0.1, -0.05) is 0 Å². The van der Waals surface area contributed by atoms with E-state index in [0.29, 0.717) is 0 Å². The van der Waals surface area contributed by atoms with Crippen LogP contribution in [0.2, 0.25) is 0 Å². The van der Waals surface area contributed by atoms with E-state index in [2.05, 4.69) is 51.7 Å². The minimum absolute atomic E-state index is 1.03. The number of fused-ring (bicyclic) bond motifs is 3. The van der Waals surface area contributed by atoms with E-state index in [0.717, 1.165) is 11.0 Å². The molecule has 0 aliphatic rings. The lowest BCUT2D eigenvalue weighted by molar-refractivity contribution is 0.665. The third-order valence-corrected chi connectivity index (χ3v) is 4.93. The van der Waals surface area contributed by atoms with Gasteiger partial charge in [0.05, 0.1) is 0 Å². The maximum absolute atomic E-state index is 4.62. The number of aromatic nitrogens is 3. The van der Waals surface area contributed by atoms with Gasteiger partial charge in [0.15, 0.2) is 0 Å². The first-order valence-electron chi connectivity index (χ1n) is 7.04. The fraction of sp³-hybridized carbons (Fsp3) is 0.412. The van der Waals surface area contributed by atoms with Crippen molar-refractivity contribution in [1.82, 2.24) is 15.0 Å². The lowest BCUT2D eigenvalue weighted by Gasteiger charge is -2.17. The molecule has 0 spiro atoms. The predicted octanol–water partition coefficient (Wildman–Crippen LogP) is 3.97. The van der Waals surface area contributed by atoms with Gasteiger partial charge in [-0.25, -0.2) is 0 Å². The summed E-state index contributed by atoms with van der Waals surface area (Å²) in [5, 5.41) is 11.8. The molecule has 0 aliphatic carbocycles. The molecular formula is C17H21N3. The van der Waals surface area contributed by atoms with Gasteiger partial charge in [-0.15, -0.1) is 0 Å². The van der Waals surface area contributed by atoms with Gasteiger partial charge in [0.1, 0.15) is 11.0 Å². The van der Waals surface area contributed by atoms with E-state index in [9.17, 15) is 0 Å². The number of rotatable bonds is 0. The molecule has 1 heterocycles. The maximum atomic E-state index is 4.62. The van der Waals surface area contributed by atoms with Gasteiger partial charge in [-0.2, -0.15) is 15.0 Å². The lowest BCUT2D eigenvalue weighted by atomic mass is 9.87. The molecule has 1 aromatic heterocycles. The summed E-state index contributed by atoms with van der Waals surface area (Å²) in [4.78, 5) is 1.68. The molecular weight excluding hydrogens is 246 g/mol. The highest BCUT2D eigenvalue weighted by Crippen LogP contribution is 2.37. The Bertz CT molecular complexity index is 870. The zero-order valence-corrected chi connectivity index (χ0v) is 13.3. The summed E-state index contributed by atoms with van der Waals surface area (Å²) in [6.45, 7) is 13.2. The smallest absolute Gasteiger partial charge is 0.121 e. The largest absolute Gasteiger partial charge is 0.187 e. The summed E-state index contributed by atoms with van der Waals surface area (Å²) >= 11 is 0. The van der Waals surface area contributed by atoms with Crippen molar-refractivity contribution in [3.8, 4) is 0 Å². The van der Waals surface area contributed by atoms with Crippen molar-refractivity contribution in [2.24, 2.45) is 7.05 Å². The zero-order valence-electron chi connectivity index (χ0n) is 13.3. The molecule has 0 amide bonds. The minimum Gasteiger partial charge on any atom is -0.187 e. The minimum atomic E-state index is 1.03. The molecule has 0 atom stereocenters. The molecule has 0 saturated carbocycles. The second-order valence-electron chi connectivity index (χ2n) is 5.89. The van der Waals surface area contributed by atoms with Crippen molar-refractivity contribution in [1.29, 1.82) is 0 Å². The summed E-state index contributed by atoms with van der Waals surface area (Å²) in [7, 11) is 1.89. The first-order valence-corrected chi connectivity index (χ1v) is 7.04. The first kappa shape index (κ1) is 13.1. The summed E-state index contributed by atoms with van der Waals surface area (Å²) in [6, 6.07) is 0. The number of nitrogens with zero attached hydrogens (tertiary/aromatic N) is 3. The number of benzene rings is 2. The molecule has 0 N–H and O–H groups in total. The van der Waals surface area contributed by atoms with E-state index < -0.39 is 0 Å². The van der Waals surface area contributed by atoms with E-state index >= 15 is 0 Å². The van der Waals surface area contributed by atoms with Gasteiger partial charge in [0.25, 0.3) is 0 Å². The van der Waals surface area contributed by atoms with Gasteiger partial charge < -0.3 is 0 Å². The Morgan fingerprint density at radius 3 is 1.60 bits per heavy atom. The Hall–Kier alpha value is -1.90. The van der Waals surface area contributed by atoms with Crippen molar-refractivity contribution in [3.05, 3.63) is 33.4 Å². The summed E-state index contributed by atoms with van der Waals surface area (Å²) < 4.78 is 0. The van der Waals surface area contributed by atoms with Gasteiger partial charge in [-0.3, -0.25) is 0 Å². The van der Waals surface area contributed by atoms with Crippen LogP contribution in [0.5, 0.6) is 0 Å². The van der Waals surface area contributed by atoms with Crippen LogP contribution >= 0.6 is 0 Å². The van der Waals surface area contributed by atoms with Crippen LogP contribution in [0.25, 0.3) is 21.8 Å². The number of aryl methyl sites for hydroxylation is 5. The second-order valence-corrected chi connectivity index (χ2v) is 5.89. The Kier molecular flexibility index (Phi) is 2.65. The van der Waals surface area contributed by atoms with Crippen LogP contribution in [0.15, 0.2) is 0 Å². The molecule has 104 valence electrons. The van der Waals surface area contributed by atoms with Crippen LogP contribution in [-0.2, 0) is 7.05 Å². The Balaban J connectivity index is 2.76. The van der Waals surface area contributed by atoms with Gasteiger partial charge in [0, 0.05) is 12.4 Å². The topological polar surface area (TPSA) is 30.7 Å². The van der Waals surface area contributed by atoms with Crippen molar-refractivity contribution in [2.45, 2.75) is 41.5 Å². The Morgan fingerprint density at radius 1 is 0.550 bits per heavy atom. The number of hydrogen-bond donors (Lipinski definition) is 0. The molecule has 3 nitrogen and oxygen atoms in total. The molecule has 2 aromatic carbocycles. The van der Waals surface area contributed by atoms with Crippen molar-refractivity contribution in [2.75, 3.05) is 0 Å². The monoisotopic (exact) mass is 267 g/mol. The van der Waals surface area contributed by atoms with E-state index in [1.54, 1.807) is 4.80 Å². The van der Waals surface area contributed by atoms with Crippen LogP contribution in [0.3, 0.4) is 0 Å². The molecule has 3 heteroatoms. The molecule has 3 rings (SSSR count). The Labute approximate surface area is 119 Å². The Morgan fingerprint density at radius 2 is 1.00 bits per heavy atom.